The zero-order valence-corrected chi connectivity index (χ0v) is 12.6. The van der Waals surface area contributed by atoms with Crippen LogP contribution in [0.3, 0.4) is 0 Å². The van der Waals surface area contributed by atoms with Gasteiger partial charge in [0.1, 0.15) is 11.6 Å². The van der Waals surface area contributed by atoms with Crippen molar-refractivity contribution in [3.63, 3.8) is 0 Å². The van der Waals surface area contributed by atoms with Gasteiger partial charge in [-0.15, -0.1) is 0 Å². The smallest absolute Gasteiger partial charge is 0.207 e. The highest BCUT2D eigenvalue weighted by atomic mass is 32.2. The second kappa shape index (κ2) is 5.78. The molecule has 1 aliphatic rings. The van der Waals surface area contributed by atoms with Crippen LogP contribution in [0.2, 0.25) is 0 Å². The first-order valence-corrected chi connectivity index (χ1v) is 8.43. The standard InChI is InChI=1S/C16H15F2NO2S/c17-13-3-1-12(2-4-13)11-19(15-7-8-15)22(20,21)16-9-5-14(18)6-10-16/h1-6,9-10,15H,7-8,11H2. The summed E-state index contributed by atoms with van der Waals surface area (Å²) in [5.74, 6) is -0.835. The van der Waals surface area contributed by atoms with E-state index in [9.17, 15) is 17.2 Å². The number of nitrogens with zero attached hydrogens (tertiary/aromatic N) is 1. The highest BCUT2D eigenvalue weighted by Gasteiger charge is 2.38. The number of benzene rings is 2. The van der Waals surface area contributed by atoms with Crippen LogP contribution in [0.1, 0.15) is 18.4 Å². The van der Waals surface area contributed by atoms with E-state index in [4.69, 9.17) is 0 Å². The fraction of sp³-hybridized carbons (Fsp3) is 0.250. The van der Waals surface area contributed by atoms with Crippen molar-refractivity contribution in [2.75, 3.05) is 0 Å². The molecule has 0 bridgehead atoms. The Morgan fingerprint density at radius 2 is 1.41 bits per heavy atom. The van der Waals surface area contributed by atoms with Crippen molar-refractivity contribution in [1.29, 1.82) is 0 Å². The highest BCUT2D eigenvalue weighted by Crippen LogP contribution is 2.33. The van der Waals surface area contributed by atoms with Crippen molar-refractivity contribution in [3.8, 4) is 0 Å². The molecule has 0 N–H and O–H groups in total. The Morgan fingerprint density at radius 1 is 0.909 bits per heavy atom. The molecule has 6 heteroatoms. The van der Waals surface area contributed by atoms with E-state index in [-0.39, 0.29) is 23.3 Å². The molecule has 0 aromatic heterocycles. The predicted octanol–water partition coefficient (Wildman–Crippen LogP) is 3.32. The Bertz CT molecular complexity index is 754. The Labute approximate surface area is 128 Å². The second-order valence-electron chi connectivity index (χ2n) is 5.36. The van der Waals surface area contributed by atoms with Crippen LogP contribution in [-0.2, 0) is 16.6 Å². The van der Waals surface area contributed by atoms with E-state index in [1.807, 2.05) is 0 Å². The maximum absolute atomic E-state index is 13.0. The third kappa shape index (κ3) is 3.18. The van der Waals surface area contributed by atoms with Crippen LogP contribution in [0, 0.1) is 11.6 Å². The van der Waals surface area contributed by atoms with Crippen molar-refractivity contribution in [2.24, 2.45) is 0 Å². The van der Waals surface area contributed by atoms with Gasteiger partial charge in [0.15, 0.2) is 0 Å². The minimum atomic E-state index is -3.69. The molecule has 0 atom stereocenters. The molecular formula is C16H15F2NO2S. The van der Waals surface area contributed by atoms with Crippen molar-refractivity contribution in [3.05, 3.63) is 65.7 Å². The second-order valence-corrected chi connectivity index (χ2v) is 7.25. The van der Waals surface area contributed by atoms with Crippen LogP contribution in [0.15, 0.2) is 53.4 Å². The van der Waals surface area contributed by atoms with Gasteiger partial charge in [0.05, 0.1) is 4.90 Å². The first kappa shape index (κ1) is 15.1. The molecule has 0 radical (unpaired) electrons. The first-order valence-electron chi connectivity index (χ1n) is 6.99. The van der Waals surface area contributed by atoms with Crippen LogP contribution in [0.4, 0.5) is 8.78 Å². The molecule has 1 fully saturated rings. The quantitative estimate of drug-likeness (QED) is 0.846. The maximum Gasteiger partial charge on any atom is 0.243 e. The Hall–Kier alpha value is -1.79. The van der Waals surface area contributed by atoms with E-state index in [0.29, 0.717) is 0 Å². The molecule has 1 saturated carbocycles. The summed E-state index contributed by atoms with van der Waals surface area (Å²) in [6, 6.07) is 10.5. The van der Waals surface area contributed by atoms with Gasteiger partial charge in [0, 0.05) is 12.6 Å². The SMILES string of the molecule is O=S(=O)(c1ccc(F)cc1)N(Cc1ccc(F)cc1)C1CC1. The number of hydrogen-bond donors (Lipinski definition) is 0. The summed E-state index contributed by atoms with van der Waals surface area (Å²) in [5, 5.41) is 0. The average Bonchev–Trinajstić information content (AvgIpc) is 3.31. The number of sulfonamides is 1. The van der Waals surface area contributed by atoms with Crippen LogP contribution in [0.25, 0.3) is 0 Å². The summed E-state index contributed by atoms with van der Waals surface area (Å²) in [7, 11) is -3.69. The monoisotopic (exact) mass is 323 g/mol. The summed E-state index contributed by atoms with van der Waals surface area (Å²) in [5.41, 5.74) is 0.721. The number of hydrogen-bond acceptors (Lipinski definition) is 2. The van der Waals surface area contributed by atoms with Crippen LogP contribution in [0.5, 0.6) is 0 Å². The fourth-order valence-corrected chi connectivity index (χ4v) is 3.96. The molecular weight excluding hydrogens is 308 g/mol. The minimum absolute atomic E-state index is 0.0416. The van der Waals surface area contributed by atoms with E-state index in [1.165, 1.54) is 28.6 Å². The van der Waals surface area contributed by atoms with Crippen molar-refractivity contribution >= 4 is 10.0 Å². The summed E-state index contributed by atoms with van der Waals surface area (Å²) in [6.45, 7) is 0.185. The molecule has 0 unspecified atom stereocenters. The third-order valence-corrected chi connectivity index (χ3v) is 5.54. The van der Waals surface area contributed by atoms with Gasteiger partial charge < -0.3 is 0 Å². The number of rotatable bonds is 5. The molecule has 0 aliphatic heterocycles. The van der Waals surface area contributed by atoms with Crippen molar-refractivity contribution in [2.45, 2.75) is 30.3 Å². The van der Waals surface area contributed by atoms with E-state index in [0.717, 1.165) is 30.5 Å². The molecule has 116 valence electrons. The van der Waals surface area contributed by atoms with Crippen LogP contribution in [-0.4, -0.2) is 18.8 Å². The van der Waals surface area contributed by atoms with Gasteiger partial charge in [-0.1, -0.05) is 12.1 Å². The summed E-state index contributed by atoms with van der Waals surface area (Å²) in [6.07, 6.45) is 1.61. The molecule has 0 heterocycles. The zero-order chi connectivity index (χ0) is 15.7. The van der Waals surface area contributed by atoms with Gasteiger partial charge >= 0.3 is 0 Å². The van der Waals surface area contributed by atoms with Crippen molar-refractivity contribution in [1.82, 2.24) is 4.31 Å². The fourth-order valence-electron chi connectivity index (χ4n) is 2.28. The predicted molar refractivity (Wildman–Crippen MR) is 78.6 cm³/mol. The molecule has 22 heavy (non-hydrogen) atoms. The zero-order valence-electron chi connectivity index (χ0n) is 11.7. The molecule has 3 nitrogen and oxygen atoms in total. The summed E-state index contributed by atoms with van der Waals surface area (Å²) >= 11 is 0. The molecule has 3 rings (SSSR count). The highest BCUT2D eigenvalue weighted by molar-refractivity contribution is 7.89. The van der Waals surface area contributed by atoms with E-state index < -0.39 is 15.8 Å². The van der Waals surface area contributed by atoms with Gasteiger partial charge in [0.2, 0.25) is 10.0 Å². The summed E-state index contributed by atoms with van der Waals surface area (Å²) < 4.78 is 52.8. The van der Waals surface area contributed by atoms with E-state index in [2.05, 4.69) is 0 Å². The van der Waals surface area contributed by atoms with Gasteiger partial charge in [-0.25, -0.2) is 17.2 Å². The third-order valence-electron chi connectivity index (χ3n) is 3.63. The molecule has 0 saturated heterocycles. The van der Waals surface area contributed by atoms with Gasteiger partial charge in [-0.05, 0) is 54.8 Å². The van der Waals surface area contributed by atoms with Gasteiger partial charge in [0.25, 0.3) is 0 Å². The van der Waals surface area contributed by atoms with Gasteiger partial charge in [-0.3, -0.25) is 0 Å². The summed E-state index contributed by atoms with van der Waals surface area (Å²) in [4.78, 5) is 0.0721. The van der Waals surface area contributed by atoms with E-state index >= 15 is 0 Å². The first-order chi connectivity index (χ1) is 10.5. The molecule has 2 aromatic rings. The topological polar surface area (TPSA) is 37.4 Å². The lowest BCUT2D eigenvalue weighted by Crippen LogP contribution is -2.32. The number of halogens is 2. The molecule has 2 aromatic carbocycles. The lowest BCUT2D eigenvalue weighted by Gasteiger charge is -2.22. The van der Waals surface area contributed by atoms with Gasteiger partial charge in [-0.2, -0.15) is 4.31 Å². The minimum Gasteiger partial charge on any atom is -0.207 e. The average molecular weight is 323 g/mol. The van der Waals surface area contributed by atoms with Crippen LogP contribution < -0.4 is 0 Å². The molecule has 1 aliphatic carbocycles. The lowest BCUT2D eigenvalue weighted by atomic mass is 10.2. The normalized spacial score (nSPS) is 15.2. The largest absolute Gasteiger partial charge is 0.243 e. The van der Waals surface area contributed by atoms with Crippen LogP contribution >= 0.6 is 0 Å². The Kier molecular flexibility index (Phi) is 3.97. The van der Waals surface area contributed by atoms with E-state index in [1.54, 1.807) is 12.1 Å². The maximum atomic E-state index is 13.0. The lowest BCUT2D eigenvalue weighted by molar-refractivity contribution is 0.398. The molecule has 0 spiro atoms. The Balaban J connectivity index is 1.90. The van der Waals surface area contributed by atoms with Crippen molar-refractivity contribution < 1.29 is 17.2 Å². The molecule has 0 amide bonds. The Morgan fingerprint density at radius 3 is 1.91 bits per heavy atom.